The summed E-state index contributed by atoms with van der Waals surface area (Å²) in [6.07, 6.45) is 4.01. The molecule has 0 saturated carbocycles. The Morgan fingerprint density at radius 3 is 2.56 bits per heavy atom. The fourth-order valence-electron chi connectivity index (χ4n) is 1.45. The Hall–Kier alpha value is -0.830. The normalized spacial score (nSPS) is 16.1. The molecule has 16 heavy (non-hydrogen) atoms. The van der Waals surface area contributed by atoms with Crippen LogP contribution in [0.1, 0.15) is 52.8 Å². The van der Waals surface area contributed by atoms with Gasteiger partial charge in [-0.05, 0) is 24.8 Å². The molecule has 3 heteroatoms. The van der Waals surface area contributed by atoms with Gasteiger partial charge < -0.3 is 5.73 Å². The van der Waals surface area contributed by atoms with Crippen molar-refractivity contribution in [2.45, 2.75) is 59.5 Å². The molecule has 0 aliphatic heterocycles. The molecule has 0 aliphatic rings. The molecule has 0 aliphatic carbocycles. The first-order valence-electron chi connectivity index (χ1n) is 6.14. The number of nitrogens with two attached hydrogens (primary N) is 1. The zero-order valence-electron chi connectivity index (χ0n) is 11.2. The van der Waals surface area contributed by atoms with Gasteiger partial charge in [0.05, 0.1) is 5.69 Å². The summed E-state index contributed by atoms with van der Waals surface area (Å²) in [5.41, 5.74) is 7.39. The summed E-state index contributed by atoms with van der Waals surface area (Å²) >= 11 is 0. The number of hydrogen-bond acceptors (Lipinski definition) is 2. The second-order valence-corrected chi connectivity index (χ2v) is 5.72. The average molecular weight is 223 g/mol. The average Bonchev–Trinajstić information content (AvgIpc) is 2.63. The van der Waals surface area contributed by atoms with Gasteiger partial charge in [0.1, 0.15) is 0 Å². The lowest BCUT2D eigenvalue weighted by atomic mass is 9.85. The first kappa shape index (κ1) is 13.2. The van der Waals surface area contributed by atoms with Gasteiger partial charge >= 0.3 is 0 Å². The molecular weight excluding hydrogens is 198 g/mol. The van der Waals surface area contributed by atoms with Crippen molar-refractivity contribution < 1.29 is 0 Å². The molecule has 1 rings (SSSR count). The van der Waals surface area contributed by atoms with Crippen LogP contribution in [0.15, 0.2) is 12.3 Å². The van der Waals surface area contributed by atoms with E-state index in [-0.39, 0.29) is 11.5 Å². The van der Waals surface area contributed by atoms with Gasteiger partial charge in [0.15, 0.2) is 0 Å². The van der Waals surface area contributed by atoms with E-state index in [1.807, 2.05) is 4.68 Å². The van der Waals surface area contributed by atoms with E-state index in [2.05, 4.69) is 52.0 Å². The summed E-state index contributed by atoms with van der Waals surface area (Å²) in [5, 5.41) is 4.57. The van der Waals surface area contributed by atoms with Crippen LogP contribution in [0.5, 0.6) is 0 Å². The number of nitrogens with zero attached hydrogens (tertiary/aromatic N) is 2. The van der Waals surface area contributed by atoms with Crippen molar-refractivity contribution in [1.29, 1.82) is 0 Å². The molecule has 0 radical (unpaired) electrons. The Bertz CT molecular complexity index is 322. The maximum atomic E-state index is 6.15. The van der Waals surface area contributed by atoms with Crippen LogP contribution in [0.25, 0.3) is 0 Å². The molecule has 0 saturated heterocycles. The third-order valence-electron chi connectivity index (χ3n) is 3.25. The first-order valence-corrected chi connectivity index (χ1v) is 6.14. The van der Waals surface area contributed by atoms with E-state index in [0.29, 0.717) is 6.04 Å². The second-order valence-electron chi connectivity index (χ2n) is 5.72. The quantitative estimate of drug-likeness (QED) is 0.853. The van der Waals surface area contributed by atoms with Gasteiger partial charge in [-0.25, -0.2) is 0 Å². The molecule has 2 atom stereocenters. The highest BCUT2D eigenvalue weighted by Crippen LogP contribution is 2.20. The summed E-state index contributed by atoms with van der Waals surface area (Å²) in [4.78, 5) is 0. The third-order valence-corrected chi connectivity index (χ3v) is 3.25. The Labute approximate surface area is 99.0 Å². The fraction of sp³-hybridized carbons (Fsp3) is 0.769. The Morgan fingerprint density at radius 2 is 2.06 bits per heavy atom. The lowest BCUT2D eigenvalue weighted by Crippen LogP contribution is -2.37. The predicted molar refractivity (Wildman–Crippen MR) is 68.4 cm³/mol. The highest BCUT2D eigenvalue weighted by Gasteiger charge is 2.21. The zero-order chi connectivity index (χ0) is 12.3. The molecule has 0 bridgehead atoms. The van der Waals surface area contributed by atoms with Crippen LogP contribution in [0, 0.1) is 5.41 Å². The Kier molecular flexibility index (Phi) is 4.14. The fourth-order valence-corrected chi connectivity index (χ4v) is 1.45. The van der Waals surface area contributed by atoms with Gasteiger partial charge in [-0.15, -0.1) is 0 Å². The van der Waals surface area contributed by atoms with Crippen LogP contribution >= 0.6 is 0 Å². The molecular formula is C13H25N3. The highest BCUT2D eigenvalue weighted by atomic mass is 15.3. The highest BCUT2D eigenvalue weighted by molar-refractivity contribution is 5.03. The largest absolute Gasteiger partial charge is 0.327 e. The van der Waals surface area contributed by atoms with Gasteiger partial charge in [-0.2, -0.15) is 5.10 Å². The van der Waals surface area contributed by atoms with Gasteiger partial charge in [0.25, 0.3) is 0 Å². The van der Waals surface area contributed by atoms with Crippen molar-refractivity contribution in [3.8, 4) is 0 Å². The summed E-state index contributed by atoms with van der Waals surface area (Å²) in [7, 11) is 0. The third kappa shape index (κ3) is 3.34. The second kappa shape index (κ2) is 5.00. The van der Waals surface area contributed by atoms with Crippen LogP contribution in [-0.4, -0.2) is 15.8 Å². The van der Waals surface area contributed by atoms with Crippen LogP contribution in [0.4, 0.5) is 0 Å². The van der Waals surface area contributed by atoms with E-state index in [9.17, 15) is 0 Å². The van der Waals surface area contributed by atoms with Crippen molar-refractivity contribution in [3.05, 3.63) is 18.0 Å². The van der Waals surface area contributed by atoms with Gasteiger partial charge in [-0.3, -0.25) is 4.68 Å². The maximum absolute atomic E-state index is 6.15. The zero-order valence-corrected chi connectivity index (χ0v) is 11.2. The smallest absolute Gasteiger partial charge is 0.0640 e. The number of rotatable bonds is 4. The molecule has 0 spiro atoms. The van der Waals surface area contributed by atoms with E-state index in [0.717, 1.165) is 18.5 Å². The molecule has 1 aromatic rings. The predicted octanol–water partition coefficient (Wildman–Crippen LogP) is 2.77. The lowest BCUT2D eigenvalue weighted by molar-refractivity contribution is 0.315. The van der Waals surface area contributed by atoms with E-state index < -0.39 is 0 Å². The first-order chi connectivity index (χ1) is 7.34. The SMILES string of the molecule is CCC(C)n1ccc(CC(N)C(C)(C)C)n1. The van der Waals surface area contributed by atoms with Crippen molar-refractivity contribution in [3.63, 3.8) is 0 Å². The molecule has 1 aromatic heterocycles. The summed E-state index contributed by atoms with van der Waals surface area (Å²) in [6.45, 7) is 10.9. The van der Waals surface area contributed by atoms with Crippen molar-refractivity contribution in [2.24, 2.45) is 11.1 Å². The van der Waals surface area contributed by atoms with Gasteiger partial charge in [-0.1, -0.05) is 27.7 Å². The van der Waals surface area contributed by atoms with E-state index in [1.54, 1.807) is 0 Å². The van der Waals surface area contributed by atoms with E-state index in [4.69, 9.17) is 5.73 Å². The monoisotopic (exact) mass is 223 g/mol. The molecule has 0 aromatic carbocycles. The maximum Gasteiger partial charge on any atom is 0.0640 e. The Balaban J connectivity index is 2.66. The molecule has 3 nitrogen and oxygen atoms in total. The minimum Gasteiger partial charge on any atom is -0.327 e. The van der Waals surface area contributed by atoms with E-state index in [1.165, 1.54) is 0 Å². The molecule has 0 amide bonds. The summed E-state index contributed by atoms with van der Waals surface area (Å²) in [6, 6.07) is 2.71. The standard InChI is InChI=1S/C13H25N3/c1-6-10(2)16-8-7-11(15-16)9-12(14)13(3,4)5/h7-8,10,12H,6,9,14H2,1-5H3. The number of hydrogen-bond donors (Lipinski definition) is 1. The summed E-state index contributed by atoms with van der Waals surface area (Å²) in [5.74, 6) is 0. The van der Waals surface area contributed by atoms with Crippen LogP contribution < -0.4 is 5.73 Å². The van der Waals surface area contributed by atoms with Crippen LogP contribution in [0.2, 0.25) is 0 Å². The molecule has 0 fully saturated rings. The lowest BCUT2D eigenvalue weighted by Gasteiger charge is -2.26. The number of aromatic nitrogens is 2. The van der Waals surface area contributed by atoms with Gasteiger partial charge in [0.2, 0.25) is 0 Å². The van der Waals surface area contributed by atoms with Crippen LogP contribution in [-0.2, 0) is 6.42 Å². The summed E-state index contributed by atoms with van der Waals surface area (Å²) < 4.78 is 2.03. The minimum atomic E-state index is 0.139. The van der Waals surface area contributed by atoms with Crippen molar-refractivity contribution in [1.82, 2.24) is 9.78 Å². The topological polar surface area (TPSA) is 43.8 Å². The molecule has 2 unspecified atom stereocenters. The van der Waals surface area contributed by atoms with Crippen LogP contribution in [0.3, 0.4) is 0 Å². The van der Waals surface area contributed by atoms with E-state index >= 15 is 0 Å². The Morgan fingerprint density at radius 1 is 1.44 bits per heavy atom. The van der Waals surface area contributed by atoms with Crippen molar-refractivity contribution in [2.75, 3.05) is 0 Å². The molecule has 1 heterocycles. The molecule has 92 valence electrons. The van der Waals surface area contributed by atoms with Crippen molar-refractivity contribution >= 4 is 0 Å². The molecule has 2 N–H and O–H groups in total. The minimum absolute atomic E-state index is 0.139. The van der Waals surface area contributed by atoms with Gasteiger partial charge in [0, 0.05) is 24.7 Å².